The maximum Gasteiger partial charge on any atom is 0.303 e. The van der Waals surface area contributed by atoms with E-state index < -0.39 is 54.6 Å². The van der Waals surface area contributed by atoms with Crippen molar-refractivity contribution in [3.63, 3.8) is 0 Å². The number of hydrogen-bond donors (Lipinski definition) is 0. The summed E-state index contributed by atoms with van der Waals surface area (Å²) in [5.74, 6) is -2.42. The average molecular weight is 545 g/mol. The van der Waals surface area contributed by atoms with Crippen LogP contribution in [0.25, 0.3) is 0 Å². The Morgan fingerprint density at radius 3 is 1.89 bits per heavy atom. The number of carbonyl (C=O) groups is 4. The molecule has 0 aromatic heterocycles. The van der Waals surface area contributed by atoms with Crippen molar-refractivity contribution in [3.05, 3.63) is 29.8 Å². The summed E-state index contributed by atoms with van der Waals surface area (Å²) >= 11 is 6.03. The van der Waals surface area contributed by atoms with Gasteiger partial charge in [-0.05, 0) is 31.5 Å². The number of halogens is 1. The monoisotopic (exact) mass is 544 g/mol. The first-order valence-electron chi connectivity index (χ1n) is 11.7. The molecule has 1 aliphatic heterocycles. The van der Waals surface area contributed by atoms with E-state index in [9.17, 15) is 19.2 Å². The Morgan fingerprint density at radius 1 is 0.838 bits per heavy atom. The van der Waals surface area contributed by atoms with Crippen LogP contribution in [0.5, 0.6) is 5.75 Å². The molecule has 7 atom stereocenters. The fourth-order valence-electron chi connectivity index (χ4n) is 3.44. The SMILES string of the molecule is CC(=O)OCC1OC(Oc2ccc(COC(C)[C@H](C)Cl)cc2)C(OC(C)=O)C(OC(C)=O)C1OC(C)=O. The zero-order chi connectivity index (χ0) is 27.7. The van der Waals surface area contributed by atoms with Crippen LogP contribution < -0.4 is 4.74 Å². The van der Waals surface area contributed by atoms with Gasteiger partial charge in [0, 0.05) is 27.7 Å². The van der Waals surface area contributed by atoms with Gasteiger partial charge < -0.3 is 33.2 Å². The smallest absolute Gasteiger partial charge is 0.303 e. The van der Waals surface area contributed by atoms with Gasteiger partial charge in [-0.25, -0.2) is 0 Å². The summed E-state index contributed by atoms with van der Waals surface area (Å²) in [7, 11) is 0. The van der Waals surface area contributed by atoms with Crippen LogP contribution in [0.15, 0.2) is 24.3 Å². The first kappa shape index (κ1) is 30.3. The van der Waals surface area contributed by atoms with Gasteiger partial charge in [0.2, 0.25) is 12.4 Å². The predicted molar refractivity (Wildman–Crippen MR) is 129 cm³/mol. The summed E-state index contributed by atoms with van der Waals surface area (Å²) < 4.78 is 38.8. The van der Waals surface area contributed by atoms with E-state index in [1.54, 1.807) is 24.3 Å². The molecule has 0 bridgehead atoms. The number of carbonyl (C=O) groups excluding carboxylic acids is 4. The second kappa shape index (κ2) is 14.2. The molecule has 1 heterocycles. The van der Waals surface area contributed by atoms with Crippen LogP contribution in [0.1, 0.15) is 47.1 Å². The van der Waals surface area contributed by atoms with Crippen LogP contribution in [0.4, 0.5) is 0 Å². The van der Waals surface area contributed by atoms with Crippen molar-refractivity contribution < 1.29 is 52.3 Å². The van der Waals surface area contributed by atoms with Gasteiger partial charge in [0.25, 0.3) is 0 Å². The lowest BCUT2D eigenvalue weighted by Crippen LogP contribution is -2.63. The molecule has 2 rings (SSSR count). The molecule has 0 saturated carbocycles. The van der Waals surface area contributed by atoms with Crippen molar-refractivity contribution in [1.82, 2.24) is 0 Å². The highest BCUT2D eigenvalue weighted by atomic mass is 35.5. The molecule has 1 aromatic rings. The highest BCUT2D eigenvalue weighted by molar-refractivity contribution is 6.20. The Kier molecular flexibility index (Phi) is 11.6. The molecule has 12 heteroatoms. The molecular formula is C25H33ClO11. The lowest BCUT2D eigenvalue weighted by Gasteiger charge is -2.43. The van der Waals surface area contributed by atoms with Gasteiger partial charge in [-0.2, -0.15) is 0 Å². The molecule has 1 aromatic carbocycles. The average Bonchev–Trinajstić information content (AvgIpc) is 2.80. The molecule has 1 saturated heterocycles. The molecule has 0 spiro atoms. The standard InChI is InChI=1S/C25H33ClO11/c1-13(26)14(2)31-11-19-7-9-20(10-8-19)36-25-24(35-18(6)30)23(34-17(5)29)22(33-16(4)28)21(37-25)12-32-15(3)27/h7-10,13-14,21-25H,11-12H2,1-6H3/t13-,14?,21?,22?,23?,24?,25?/m0/s1. The number of alkyl halides is 1. The fraction of sp³-hybridized carbons (Fsp3) is 0.600. The molecule has 0 amide bonds. The molecule has 0 aliphatic carbocycles. The Labute approximate surface area is 220 Å². The third-order valence-electron chi connectivity index (χ3n) is 5.28. The summed E-state index contributed by atoms with van der Waals surface area (Å²) in [4.78, 5) is 47.1. The van der Waals surface area contributed by atoms with Gasteiger partial charge in [-0.3, -0.25) is 19.2 Å². The van der Waals surface area contributed by atoms with E-state index >= 15 is 0 Å². The molecular weight excluding hydrogens is 512 g/mol. The zero-order valence-corrected chi connectivity index (χ0v) is 22.4. The van der Waals surface area contributed by atoms with Crippen molar-refractivity contribution >= 4 is 35.5 Å². The zero-order valence-electron chi connectivity index (χ0n) is 21.6. The van der Waals surface area contributed by atoms with Crippen LogP contribution in [0.2, 0.25) is 0 Å². The second-order valence-corrected chi connectivity index (χ2v) is 9.21. The number of hydrogen-bond acceptors (Lipinski definition) is 11. The molecule has 206 valence electrons. The van der Waals surface area contributed by atoms with E-state index in [-0.39, 0.29) is 18.1 Å². The summed E-state index contributed by atoms with van der Waals surface area (Å²) in [6, 6.07) is 6.85. The summed E-state index contributed by atoms with van der Waals surface area (Å²) in [5, 5.41) is -0.148. The Hall–Kier alpha value is -2.89. The van der Waals surface area contributed by atoms with Crippen LogP contribution in [-0.2, 0) is 54.2 Å². The van der Waals surface area contributed by atoms with Crippen molar-refractivity contribution in [2.75, 3.05) is 6.61 Å². The van der Waals surface area contributed by atoms with Crippen LogP contribution in [-0.4, -0.2) is 72.7 Å². The molecule has 1 fully saturated rings. The van der Waals surface area contributed by atoms with Crippen molar-refractivity contribution in [2.24, 2.45) is 0 Å². The van der Waals surface area contributed by atoms with E-state index in [1.165, 1.54) is 6.92 Å². The van der Waals surface area contributed by atoms with Crippen LogP contribution >= 0.6 is 11.6 Å². The van der Waals surface area contributed by atoms with Crippen molar-refractivity contribution in [1.29, 1.82) is 0 Å². The molecule has 11 nitrogen and oxygen atoms in total. The maximum atomic E-state index is 11.9. The van der Waals surface area contributed by atoms with E-state index in [0.29, 0.717) is 12.4 Å². The van der Waals surface area contributed by atoms with Gasteiger partial charge in [-0.15, -0.1) is 11.6 Å². The lowest BCUT2D eigenvalue weighted by molar-refractivity contribution is -0.288. The molecule has 6 unspecified atom stereocenters. The molecule has 1 aliphatic rings. The largest absolute Gasteiger partial charge is 0.463 e. The summed E-state index contributed by atoms with van der Waals surface area (Å²) in [5.41, 5.74) is 0.859. The molecule has 37 heavy (non-hydrogen) atoms. The third kappa shape index (κ3) is 9.83. The summed E-state index contributed by atoms with van der Waals surface area (Å²) in [6.07, 6.45) is -6.42. The number of rotatable bonds is 11. The van der Waals surface area contributed by atoms with Gasteiger partial charge in [0.1, 0.15) is 18.5 Å². The first-order valence-corrected chi connectivity index (χ1v) is 12.1. The summed E-state index contributed by atoms with van der Waals surface area (Å²) in [6.45, 7) is 8.36. The quantitative estimate of drug-likeness (QED) is 0.231. The highest BCUT2D eigenvalue weighted by Gasteiger charge is 2.53. The first-order chi connectivity index (χ1) is 17.4. The normalized spacial score (nSPS) is 24.8. The minimum absolute atomic E-state index is 0.143. The molecule has 0 radical (unpaired) electrons. The van der Waals surface area contributed by atoms with E-state index in [2.05, 4.69) is 0 Å². The van der Waals surface area contributed by atoms with Gasteiger partial charge >= 0.3 is 23.9 Å². The lowest BCUT2D eigenvalue weighted by atomic mass is 9.98. The van der Waals surface area contributed by atoms with Crippen molar-refractivity contribution in [2.45, 2.75) is 90.3 Å². The Balaban J connectivity index is 2.32. The fourth-order valence-corrected chi connectivity index (χ4v) is 3.51. The predicted octanol–water partition coefficient (Wildman–Crippen LogP) is 2.68. The number of benzene rings is 1. The Morgan fingerprint density at radius 2 is 1.38 bits per heavy atom. The van der Waals surface area contributed by atoms with Crippen molar-refractivity contribution in [3.8, 4) is 5.75 Å². The highest BCUT2D eigenvalue weighted by Crippen LogP contribution is 2.31. The van der Waals surface area contributed by atoms with Gasteiger partial charge in [0.15, 0.2) is 12.2 Å². The number of esters is 4. The number of ether oxygens (including phenoxy) is 7. The minimum Gasteiger partial charge on any atom is -0.463 e. The van der Waals surface area contributed by atoms with Crippen LogP contribution in [0.3, 0.4) is 0 Å². The second-order valence-electron chi connectivity index (χ2n) is 8.52. The van der Waals surface area contributed by atoms with E-state index in [4.69, 9.17) is 44.8 Å². The molecule has 0 N–H and O–H groups in total. The van der Waals surface area contributed by atoms with Crippen LogP contribution in [0, 0.1) is 0 Å². The minimum atomic E-state index is -1.31. The van der Waals surface area contributed by atoms with Gasteiger partial charge in [0.05, 0.1) is 18.1 Å². The topological polar surface area (TPSA) is 133 Å². The third-order valence-corrected chi connectivity index (χ3v) is 5.64. The van der Waals surface area contributed by atoms with E-state index in [0.717, 1.165) is 26.3 Å². The van der Waals surface area contributed by atoms with Gasteiger partial charge in [-0.1, -0.05) is 12.1 Å². The van der Waals surface area contributed by atoms with E-state index in [1.807, 2.05) is 13.8 Å². The maximum absolute atomic E-state index is 11.9. The Bertz CT molecular complexity index is 933.